The van der Waals surface area contributed by atoms with Crippen molar-refractivity contribution in [1.82, 2.24) is 30.0 Å². The van der Waals surface area contributed by atoms with Gasteiger partial charge in [-0.05, 0) is 147 Å². The van der Waals surface area contributed by atoms with E-state index in [0.29, 0.717) is 45.5 Å². The Morgan fingerprint density at radius 3 is 1.51 bits per heavy atom. The maximum absolute atomic E-state index is 12.7. The second kappa shape index (κ2) is 35.6. The van der Waals surface area contributed by atoms with E-state index in [2.05, 4.69) is 72.7 Å². The van der Waals surface area contributed by atoms with Gasteiger partial charge in [-0.25, -0.2) is 9.37 Å². The number of aldehydes is 2. The van der Waals surface area contributed by atoms with Gasteiger partial charge in [0.15, 0.2) is 0 Å². The molecular weight excluding hydrogens is 1040 g/mol. The number of fused-ring (bicyclic) bond motifs is 1. The number of ether oxygens (including phenoxy) is 2. The van der Waals surface area contributed by atoms with Crippen LogP contribution < -0.4 is 41.6 Å². The largest absolute Gasteiger partial charge is 0.496 e. The molecule has 9 rings (SSSR count). The molecule has 0 aliphatic carbocycles. The van der Waals surface area contributed by atoms with Crippen LogP contribution in [0.4, 0.5) is 21.5 Å². The summed E-state index contributed by atoms with van der Waals surface area (Å²) < 4.78 is 22.4. The van der Waals surface area contributed by atoms with Crippen LogP contribution in [0.25, 0.3) is 22.3 Å². The summed E-state index contributed by atoms with van der Waals surface area (Å²) in [6.07, 6.45) is 9.33. The molecular formula is C63H87FN10O8. The van der Waals surface area contributed by atoms with Crippen LogP contribution in [0.2, 0.25) is 0 Å². The van der Waals surface area contributed by atoms with Gasteiger partial charge in [-0.15, -0.1) is 0 Å². The zero-order chi connectivity index (χ0) is 59.2. The average Bonchev–Trinajstić information content (AvgIpc) is 3.58. The maximum atomic E-state index is 12.7. The minimum absolute atomic E-state index is 0.142. The van der Waals surface area contributed by atoms with E-state index in [4.69, 9.17) is 26.0 Å². The number of hydrogen-bond acceptors (Lipinski definition) is 16. The highest BCUT2D eigenvalue weighted by Gasteiger charge is 2.20. The summed E-state index contributed by atoms with van der Waals surface area (Å²) >= 11 is 0. The molecule has 3 fully saturated rings. The van der Waals surface area contributed by atoms with Crippen molar-refractivity contribution in [2.75, 3.05) is 128 Å². The van der Waals surface area contributed by atoms with Crippen molar-refractivity contribution in [2.45, 2.75) is 72.5 Å². The van der Waals surface area contributed by atoms with Crippen molar-refractivity contribution >= 4 is 46.4 Å². The second-order valence-corrected chi connectivity index (χ2v) is 20.3. The Labute approximate surface area is 483 Å². The number of amides is 1. The first-order chi connectivity index (χ1) is 39.8. The fraction of sp³-hybridized carbons (Fsp3) is 0.444. The Morgan fingerprint density at radius 2 is 1.07 bits per heavy atom. The van der Waals surface area contributed by atoms with Gasteiger partial charge >= 0.3 is 0 Å². The van der Waals surface area contributed by atoms with Crippen molar-refractivity contribution in [3.8, 4) is 22.9 Å². The summed E-state index contributed by atoms with van der Waals surface area (Å²) in [7, 11) is 2.91. The lowest BCUT2D eigenvalue weighted by atomic mass is 10.1. The molecule has 5 aromatic carbocycles. The molecule has 18 nitrogen and oxygen atoms in total. The molecule has 6 aromatic rings. The fourth-order valence-corrected chi connectivity index (χ4v) is 9.57. The standard InChI is InChI=1S/C24H30N4O3.C15H22N2O.C9H12N2O3.C8H18N2.C7H5FO/c1-3-4-9-27-10-12-28(13-11-27)19-7-5-18(6-8-19)23-25-20-14-17(16-29)15-21(31-2)22(20)24(30)26-23;1-2-3-8-16-9-11-17(12-10-16)15-6-4-14(13-18)5-7-15;1-14-7-3-5(4-12)2-6(10)8(7)9(11)13;1-2-3-6-10-7-4-9-5-8-10;8-7-3-1-6(5-9)2-4-7/h5-8,14-15,29H,3-4,9-13,16H2,1-2H3,(H,25,26,30);4-7,13H,2-3,8-12H2,1H3;2-3,12H,4,10H2,1H3,(H2,11,13);9H,2-8H2,1H3;1-5H. The SMILES string of the molecule is CCCCN1CCN(c2ccc(-c3nc4cc(CO)cc(OC)c4c(=O)[nH]3)cc2)CC1.CCCCN1CCN(c2ccc(C=O)cc2)CC1.CCCCN1CCNCC1.COc1cc(CO)cc(N)c1C(N)=O.O=Cc1ccc(F)cc1. The number of aliphatic hydroxyl groups is 2. The number of hydrogen-bond donors (Lipinski definition) is 6. The third kappa shape index (κ3) is 20.6. The second-order valence-electron chi connectivity index (χ2n) is 20.3. The zero-order valence-corrected chi connectivity index (χ0v) is 48.7. The van der Waals surface area contributed by atoms with Crippen molar-refractivity contribution in [3.63, 3.8) is 0 Å². The number of carbonyl (C=O) groups is 3. The van der Waals surface area contributed by atoms with Crippen LogP contribution in [0.5, 0.6) is 11.5 Å². The molecule has 0 unspecified atom stereocenters. The van der Waals surface area contributed by atoms with Crippen LogP contribution in [-0.2, 0) is 13.2 Å². The van der Waals surface area contributed by atoms with Crippen LogP contribution in [-0.4, -0.2) is 166 Å². The first kappa shape index (κ1) is 65.5. The quantitative estimate of drug-likeness (QED) is 0.0338. The highest BCUT2D eigenvalue weighted by molar-refractivity contribution is 6.01. The summed E-state index contributed by atoms with van der Waals surface area (Å²) in [6, 6.07) is 27.8. The number of benzene rings is 5. The van der Waals surface area contributed by atoms with Crippen molar-refractivity contribution in [3.05, 3.63) is 141 Å². The summed E-state index contributed by atoms with van der Waals surface area (Å²) in [5.74, 6) is 0.229. The average molecular weight is 1130 g/mol. The van der Waals surface area contributed by atoms with Crippen molar-refractivity contribution in [2.24, 2.45) is 5.73 Å². The number of anilines is 3. The van der Waals surface area contributed by atoms with E-state index in [9.17, 15) is 28.7 Å². The topological polar surface area (TPSA) is 236 Å². The number of rotatable bonds is 19. The lowest BCUT2D eigenvalue weighted by molar-refractivity contribution is 0.0997. The molecule has 0 bridgehead atoms. The first-order valence-electron chi connectivity index (χ1n) is 28.6. The molecule has 4 heterocycles. The van der Waals surface area contributed by atoms with Gasteiger partial charge in [-0.2, -0.15) is 0 Å². The van der Waals surface area contributed by atoms with E-state index >= 15 is 0 Å². The van der Waals surface area contributed by atoms with Crippen LogP contribution >= 0.6 is 0 Å². The zero-order valence-electron chi connectivity index (χ0n) is 48.7. The number of nitrogens with two attached hydrogens (primary N) is 2. The molecule has 1 aromatic heterocycles. The lowest BCUT2D eigenvalue weighted by Gasteiger charge is -2.36. The van der Waals surface area contributed by atoms with Gasteiger partial charge < -0.3 is 56.2 Å². The van der Waals surface area contributed by atoms with E-state index < -0.39 is 5.91 Å². The molecule has 3 saturated heterocycles. The Hall–Kier alpha value is -7.26. The van der Waals surface area contributed by atoms with Crippen LogP contribution in [0, 0.1) is 5.82 Å². The third-order valence-electron chi connectivity index (χ3n) is 14.4. The number of primary amides is 1. The number of nitrogens with one attached hydrogen (secondary N) is 2. The van der Waals surface area contributed by atoms with E-state index in [1.165, 1.54) is 146 Å². The smallest absolute Gasteiger partial charge is 0.262 e. The number of nitrogens with zero attached hydrogens (tertiary/aromatic N) is 6. The highest BCUT2D eigenvalue weighted by atomic mass is 19.1. The molecule has 3 aliphatic rings. The van der Waals surface area contributed by atoms with Crippen LogP contribution in [0.1, 0.15) is 101 Å². The molecule has 8 N–H and O–H groups in total. The van der Waals surface area contributed by atoms with E-state index in [1.807, 2.05) is 36.4 Å². The molecule has 1 amide bonds. The summed E-state index contributed by atoms with van der Waals surface area (Å²) in [4.78, 5) is 64.3. The number of nitrogen functional groups attached to an aromatic ring is 1. The van der Waals surface area contributed by atoms with E-state index in [-0.39, 0.29) is 41.6 Å². The van der Waals surface area contributed by atoms with Gasteiger partial charge in [0.1, 0.15) is 46.7 Å². The molecule has 0 spiro atoms. The monoisotopic (exact) mass is 1130 g/mol. The Bertz CT molecular complexity index is 2910. The molecule has 82 heavy (non-hydrogen) atoms. The highest BCUT2D eigenvalue weighted by Crippen LogP contribution is 2.28. The van der Waals surface area contributed by atoms with Gasteiger partial charge in [0.05, 0.1) is 33.0 Å². The van der Waals surface area contributed by atoms with Gasteiger partial charge in [0.25, 0.3) is 11.5 Å². The fourth-order valence-electron chi connectivity index (χ4n) is 9.57. The number of aliphatic hydroxyl groups excluding tert-OH is 2. The van der Waals surface area contributed by atoms with E-state index in [1.54, 1.807) is 12.1 Å². The summed E-state index contributed by atoms with van der Waals surface area (Å²) in [5.41, 5.74) is 17.0. The molecule has 19 heteroatoms. The van der Waals surface area contributed by atoms with Crippen molar-refractivity contribution in [1.29, 1.82) is 0 Å². The minimum Gasteiger partial charge on any atom is -0.496 e. The number of aromatic nitrogens is 2. The summed E-state index contributed by atoms with van der Waals surface area (Å²) in [5, 5.41) is 22.1. The molecule has 3 aliphatic heterocycles. The molecule has 0 radical (unpaired) electrons. The third-order valence-corrected chi connectivity index (χ3v) is 14.4. The lowest BCUT2D eigenvalue weighted by Crippen LogP contribution is -2.46. The molecule has 444 valence electrons. The van der Waals surface area contributed by atoms with Gasteiger partial charge in [-0.1, -0.05) is 40.0 Å². The van der Waals surface area contributed by atoms with Gasteiger partial charge in [0, 0.05) is 112 Å². The number of aromatic amines is 1. The van der Waals surface area contributed by atoms with Gasteiger partial charge in [-0.3, -0.25) is 29.0 Å². The number of methoxy groups -OCH3 is 2. The van der Waals surface area contributed by atoms with E-state index in [0.717, 1.165) is 69.8 Å². The van der Waals surface area contributed by atoms with Crippen LogP contribution in [0.3, 0.4) is 0 Å². The number of piperazine rings is 3. The Morgan fingerprint density at radius 1 is 0.634 bits per heavy atom. The number of unbranched alkanes of at least 4 members (excludes halogenated alkanes) is 3. The Balaban J connectivity index is 0.000000205. The predicted octanol–water partition coefficient (Wildman–Crippen LogP) is 7.63. The number of carbonyl (C=O) groups excluding carboxylic acids is 3. The minimum atomic E-state index is -0.649. The molecule has 0 atom stereocenters. The van der Waals surface area contributed by atoms with Crippen molar-refractivity contribution < 1.29 is 38.5 Å². The number of halogens is 1. The Kier molecular flexibility index (Phi) is 28.4. The van der Waals surface area contributed by atoms with Gasteiger partial charge in [0.2, 0.25) is 0 Å². The van der Waals surface area contributed by atoms with Crippen LogP contribution in [0.15, 0.2) is 102 Å². The molecule has 0 saturated carbocycles. The maximum Gasteiger partial charge on any atom is 0.262 e. The normalized spacial score (nSPS) is 14.6. The summed E-state index contributed by atoms with van der Waals surface area (Å²) in [6.45, 7) is 23.7. The first-order valence-corrected chi connectivity index (χ1v) is 28.6. The number of H-pyrrole nitrogens is 1. The predicted molar refractivity (Wildman–Crippen MR) is 327 cm³/mol.